The summed E-state index contributed by atoms with van der Waals surface area (Å²) in [4.78, 5) is 0. The number of rotatable bonds is 2. The van der Waals surface area contributed by atoms with Crippen LogP contribution in [0.15, 0.2) is 17.3 Å². The van der Waals surface area contributed by atoms with E-state index in [0.717, 1.165) is 18.4 Å². The standard InChI is InChI=1S/C10H16N2/c1-3-12(2)11-10-7-8-5-4-6-9(8)10/h4-5,8-9H,3,6-7H2,1-2H3/b11-10-. The average molecular weight is 164 g/mol. The lowest BCUT2D eigenvalue weighted by atomic mass is 9.74. The fraction of sp³-hybridized carbons (Fsp3) is 0.700. The maximum absolute atomic E-state index is 4.55. The van der Waals surface area contributed by atoms with Crippen molar-refractivity contribution < 1.29 is 0 Å². The Morgan fingerprint density at radius 2 is 2.50 bits per heavy atom. The number of hydrazone groups is 1. The molecule has 12 heavy (non-hydrogen) atoms. The van der Waals surface area contributed by atoms with Crippen LogP contribution >= 0.6 is 0 Å². The molecule has 2 nitrogen and oxygen atoms in total. The van der Waals surface area contributed by atoms with Crippen LogP contribution in [0.2, 0.25) is 0 Å². The zero-order valence-corrected chi connectivity index (χ0v) is 7.83. The van der Waals surface area contributed by atoms with Gasteiger partial charge in [0.15, 0.2) is 0 Å². The largest absolute Gasteiger partial charge is 0.300 e. The number of fused-ring (bicyclic) bond motifs is 1. The molecule has 0 heterocycles. The fourth-order valence-corrected chi connectivity index (χ4v) is 1.94. The summed E-state index contributed by atoms with van der Waals surface area (Å²) in [6, 6.07) is 0. The molecule has 2 aliphatic rings. The molecule has 66 valence electrons. The van der Waals surface area contributed by atoms with Gasteiger partial charge in [-0.05, 0) is 25.7 Å². The Morgan fingerprint density at radius 1 is 1.67 bits per heavy atom. The van der Waals surface area contributed by atoms with E-state index in [-0.39, 0.29) is 0 Å². The summed E-state index contributed by atoms with van der Waals surface area (Å²) in [5, 5.41) is 6.59. The van der Waals surface area contributed by atoms with E-state index in [9.17, 15) is 0 Å². The van der Waals surface area contributed by atoms with Gasteiger partial charge in [-0.25, -0.2) is 0 Å². The van der Waals surface area contributed by atoms with Crippen LogP contribution in [0, 0.1) is 11.8 Å². The van der Waals surface area contributed by atoms with E-state index in [2.05, 4.69) is 24.2 Å². The van der Waals surface area contributed by atoms with Crippen molar-refractivity contribution >= 4 is 5.71 Å². The highest BCUT2D eigenvalue weighted by Crippen LogP contribution is 2.40. The summed E-state index contributed by atoms with van der Waals surface area (Å²) in [6.07, 6.45) is 7.06. The van der Waals surface area contributed by atoms with Crippen LogP contribution in [0.25, 0.3) is 0 Å². The molecule has 0 bridgehead atoms. The summed E-state index contributed by atoms with van der Waals surface area (Å²) < 4.78 is 0. The monoisotopic (exact) mass is 164 g/mol. The van der Waals surface area contributed by atoms with Gasteiger partial charge in [-0.15, -0.1) is 0 Å². The molecule has 0 aromatic rings. The van der Waals surface area contributed by atoms with Crippen molar-refractivity contribution in [1.82, 2.24) is 5.01 Å². The first-order chi connectivity index (χ1) is 5.81. The van der Waals surface area contributed by atoms with Gasteiger partial charge < -0.3 is 5.01 Å². The SMILES string of the molecule is CCN(C)/N=C1/CC2C=CCC12. The highest BCUT2D eigenvalue weighted by Gasteiger charge is 2.38. The van der Waals surface area contributed by atoms with Crippen LogP contribution in [0.5, 0.6) is 0 Å². The van der Waals surface area contributed by atoms with Crippen molar-refractivity contribution in [3.63, 3.8) is 0 Å². The number of hydrogen-bond acceptors (Lipinski definition) is 2. The van der Waals surface area contributed by atoms with Gasteiger partial charge in [0.1, 0.15) is 0 Å². The molecule has 0 N–H and O–H groups in total. The van der Waals surface area contributed by atoms with Gasteiger partial charge in [0.2, 0.25) is 0 Å². The third-order valence-electron chi connectivity index (χ3n) is 2.92. The molecule has 1 saturated carbocycles. The lowest BCUT2D eigenvalue weighted by molar-refractivity contribution is 0.352. The first-order valence-corrected chi connectivity index (χ1v) is 4.76. The Bertz CT molecular complexity index is 230. The second-order valence-corrected chi connectivity index (χ2v) is 3.70. The molecular weight excluding hydrogens is 148 g/mol. The predicted octanol–water partition coefficient (Wildman–Crippen LogP) is 1.89. The van der Waals surface area contributed by atoms with E-state index in [1.54, 1.807) is 0 Å². The third-order valence-corrected chi connectivity index (χ3v) is 2.92. The van der Waals surface area contributed by atoms with E-state index in [4.69, 9.17) is 0 Å². The van der Waals surface area contributed by atoms with Gasteiger partial charge in [-0.3, -0.25) is 0 Å². The first-order valence-electron chi connectivity index (χ1n) is 4.76. The maximum Gasteiger partial charge on any atom is 0.0426 e. The van der Waals surface area contributed by atoms with Crippen LogP contribution in [0.1, 0.15) is 19.8 Å². The molecule has 0 aromatic heterocycles. The molecule has 2 heteroatoms. The Hall–Kier alpha value is -0.790. The van der Waals surface area contributed by atoms with Gasteiger partial charge in [-0.2, -0.15) is 5.10 Å². The highest BCUT2D eigenvalue weighted by molar-refractivity contribution is 5.93. The first kappa shape index (κ1) is 7.84. The van der Waals surface area contributed by atoms with Gasteiger partial charge >= 0.3 is 0 Å². The zero-order valence-electron chi connectivity index (χ0n) is 7.83. The Morgan fingerprint density at radius 3 is 3.17 bits per heavy atom. The number of nitrogens with zero attached hydrogens (tertiary/aromatic N) is 2. The summed E-state index contributed by atoms with van der Waals surface area (Å²) in [6.45, 7) is 3.14. The predicted molar refractivity (Wildman–Crippen MR) is 51.1 cm³/mol. The Balaban J connectivity index is 1.96. The lowest BCUT2D eigenvalue weighted by Gasteiger charge is -2.33. The van der Waals surface area contributed by atoms with Gasteiger partial charge in [0.05, 0.1) is 0 Å². The van der Waals surface area contributed by atoms with Gasteiger partial charge in [0, 0.05) is 25.2 Å². The second kappa shape index (κ2) is 2.92. The quantitative estimate of drug-likeness (QED) is 0.449. The van der Waals surface area contributed by atoms with Crippen molar-refractivity contribution in [3.05, 3.63) is 12.2 Å². The lowest BCUT2D eigenvalue weighted by Crippen LogP contribution is -2.35. The summed E-state index contributed by atoms with van der Waals surface area (Å²) >= 11 is 0. The minimum Gasteiger partial charge on any atom is -0.300 e. The molecule has 0 amide bonds. The van der Waals surface area contributed by atoms with Gasteiger partial charge in [-0.1, -0.05) is 12.2 Å². The van der Waals surface area contributed by atoms with Crippen molar-refractivity contribution in [3.8, 4) is 0 Å². The molecule has 0 aromatic carbocycles. The van der Waals surface area contributed by atoms with Crippen molar-refractivity contribution in [2.75, 3.05) is 13.6 Å². The molecule has 0 saturated heterocycles. The summed E-state index contributed by atoms with van der Waals surface area (Å²) in [7, 11) is 2.04. The third kappa shape index (κ3) is 1.15. The van der Waals surface area contributed by atoms with Crippen molar-refractivity contribution in [2.24, 2.45) is 16.9 Å². The smallest absolute Gasteiger partial charge is 0.0426 e. The molecule has 2 unspecified atom stereocenters. The van der Waals surface area contributed by atoms with E-state index < -0.39 is 0 Å². The molecule has 2 rings (SSSR count). The minimum atomic E-state index is 0.763. The van der Waals surface area contributed by atoms with Crippen molar-refractivity contribution in [2.45, 2.75) is 19.8 Å². The zero-order chi connectivity index (χ0) is 8.55. The average Bonchev–Trinajstić information content (AvgIpc) is 2.42. The fourth-order valence-electron chi connectivity index (χ4n) is 1.94. The van der Waals surface area contributed by atoms with Gasteiger partial charge in [0.25, 0.3) is 0 Å². The highest BCUT2D eigenvalue weighted by atomic mass is 15.4. The summed E-state index contributed by atoms with van der Waals surface area (Å²) in [5.74, 6) is 1.59. The van der Waals surface area contributed by atoms with E-state index in [0.29, 0.717) is 0 Å². The molecule has 1 fully saturated rings. The molecule has 2 atom stereocenters. The summed E-state index contributed by atoms with van der Waals surface area (Å²) in [5.41, 5.74) is 1.41. The molecule has 0 aliphatic heterocycles. The minimum absolute atomic E-state index is 0.763. The maximum atomic E-state index is 4.55. The molecular formula is C10H16N2. The van der Waals surface area contributed by atoms with E-state index >= 15 is 0 Å². The topological polar surface area (TPSA) is 15.6 Å². The molecule has 2 aliphatic carbocycles. The normalized spacial score (nSPS) is 35.0. The van der Waals surface area contributed by atoms with Crippen molar-refractivity contribution in [1.29, 1.82) is 0 Å². The van der Waals surface area contributed by atoms with Crippen LogP contribution in [0.4, 0.5) is 0 Å². The van der Waals surface area contributed by atoms with Crippen LogP contribution < -0.4 is 0 Å². The Kier molecular flexibility index (Phi) is 1.91. The molecule has 0 spiro atoms. The van der Waals surface area contributed by atoms with E-state index in [1.165, 1.54) is 18.6 Å². The van der Waals surface area contributed by atoms with Crippen LogP contribution in [-0.4, -0.2) is 24.3 Å². The Labute approximate surface area is 73.9 Å². The number of hydrogen-bond donors (Lipinski definition) is 0. The van der Waals surface area contributed by atoms with Crippen LogP contribution in [-0.2, 0) is 0 Å². The number of allylic oxidation sites excluding steroid dienone is 2. The van der Waals surface area contributed by atoms with E-state index in [1.807, 2.05) is 12.1 Å². The molecule has 0 radical (unpaired) electrons. The second-order valence-electron chi connectivity index (χ2n) is 3.70. The van der Waals surface area contributed by atoms with Crippen LogP contribution in [0.3, 0.4) is 0 Å².